The predicted octanol–water partition coefficient (Wildman–Crippen LogP) is 3.60. The summed E-state index contributed by atoms with van der Waals surface area (Å²) in [6.07, 6.45) is 4.34. The molecule has 1 aliphatic heterocycles. The monoisotopic (exact) mass is 475 g/mol. The Hall–Kier alpha value is -3.56. The smallest absolute Gasteiger partial charge is 0.227 e. The van der Waals surface area contributed by atoms with Gasteiger partial charge >= 0.3 is 0 Å². The number of para-hydroxylation sites is 2. The average molecular weight is 476 g/mol. The number of hydrogen-bond acceptors (Lipinski definition) is 5. The Morgan fingerprint density at radius 2 is 1.68 bits per heavy atom. The molecule has 3 heterocycles. The van der Waals surface area contributed by atoms with E-state index >= 15 is 0 Å². The fourth-order valence-corrected chi connectivity index (χ4v) is 5.82. The molecule has 1 amide bonds. The minimum absolute atomic E-state index is 0.0189. The highest BCUT2D eigenvalue weighted by molar-refractivity contribution is 7.88. The predicted molar refractivity (Wildman–Crippen MR) is 131 cm³/mol. The number of rotatable bonds is 6. The van der Waals surface area contributed by atoms with Gasteiger partial charge in [-0.15, -0.1) is 0 Å². The summed E-state index contributed by atoms with van der Waals surface area (Å²) in [5, 5.41) is 2.92. The minimum Gasteiger partial charge on any atom is -0.324 e. The van der Waals surface area contributed by atoms with E-state index in [0.29, 0.717) is 37.4 Å². The van der Waals surface area contributed by atoms with Crippen LogP contribution in [0.5, 0.6) is 0 Å². The van der Waals surface area contributed by atoms with Gasteiger partial charge in [-0.2, -0.15) is 0 Å². The number of nitrogens with zero attached hydrogens (tertiary/aromatic N) is 4. The molecule has 1 saturated heterocycles. The van der Waals surface area contributed by atoms with E-state index in [-0.39, 0.29) is 17.6 Å². The molecule has 1 fully saturated rings. The molecule has 1 N–H and O–H groups in total. The van der Waals surface area contributed by atoms with Crippen LogP contribution in [-0.4, -0.2) is 46.3 Å². The number of benzene rings is 2. The summed E-state index contributed by atoms with van der Waals surface area (Å²) in [6.45, 7) is 0.691. The molecule has 0 bridgehead atoms. The number of imidazole rings is 1. The van der Waals surface area contributed by atoms with Gasteiger partial charge < -0.3 is 5.32 Å². The van der Waals surface area contributed by atoms with Gasteiger partial charge in [-0.1, -0.05) is 42.5 Å². The van der Waals surface area contributed by atoms with Gasteiger partial charge in [0.25, 0.3) is 0 Å². The molecule has 5 rings (SSSR count). The zero-order valence-electron chi connectivity index (χ0n) is 18.5. The van der Waals surface area contributed by atoms with Gasteiger partial charge in [0.1, 0.15) is 12.1 Å². The Bertz CT molecular complexity index is 1390. The van der Waals surface area contributed by atoms with E-state index in [9.17, 15) is 13.2 Å². The van der Waals surface area contributed by atoms with Crippen molar-refractivity contribution in [1.29, 1.82) is 0 Å². The lowest BCUT2D eigenvalue weighted by molar-refractivity contribution is -0.120. The number of nitrogens with one attached hydrogen (secondary N) is 1. The van der Waals surface area contributed by atoms with Crippen LogP contribution in [0.15, 0.2) is 79.3 Å². The van der Waals surface area contributed by atoms with Crippen molar-refractivity contribution < 1.29 is 13.2 Å². The van der Waals surface area contributed by atoms with Gasteiger partial charge in [-0.3, -0.25) is 9.36 Å². The maximum absolute atomic E-state index is 12.8. The van der Waals surface area contributed by atoms with Crippen LogP contribution in [0.2, 0.25) is 0 Å². The number of fused-ring (bicyclic) bond motifs is 1. The third-order valence-electron chi connectivity index (χ3n) is 6.13. The standard InChI is InChI=1S/C25H25N5O3S/c31-25(20-12-14-29(15-13-20)34(32,33)17-19-6-2-1-3-7-19)28-21-10-11-24(26-16-21)30-18-27-22-8-4-5-9-23(22)30/h1-11,16,18,20H,12-15,17H2,(H,28,31). The Morgan fingerprint density at radius 1 is 0.941 bits per heavy atom. The van der Waals surface area contributed by atoms with Crippen LogP contribution < -0.4 is 5.32 Å². The summed E-state index contributed by atoms with van der Waals surface area (Å²) < 4.78 is 28.9. The molecule has 1 aliphatic rings. The highest BCUT2D eigenvalue weighted by Gasteiger charge is 2.31. The third-order valence-corrected chi connectivity index (χ3v) is 7.98. The van der Waals surface area contributed by atoms with Crippen LogP contribution in [0.25, 0.3) is 16.9 Å². The van der Waals surface area contributed by atoms with Crippen LogP contribution in [0, 0.1) is 5.92 Å². The first kappa shape index (κ1) is 22.2. The van der Waals surface area contributed by atoms with Gasteiger partial charge in [0.15, 0.2) is 0 Å². The van der Waals surface area contributed by atoms with E-state index in [2.05, 4.69) is 15.3 Å². The van der Waals surface area contributed by atoms with Gasteiger partial charge in [-0.25, -0.2) is 22.7 Å². The summed E-state index contributed by atoms with van der Waals surface area (Å²) in [7, 11) is -3.40. The lowest BCUT2D eigenvalue weighted by Crippen LogP contribution is -2.41. The maximum Gasteiger partial charge on any atom is 0.227 e. The number of amides is 1. The van der Waals surface area contributed by atoms with E-state index in [1.54, 1.807) is 12.5 Å². The van der Waals surface area contributed by atoms with Gasteiger partial charge in [0, 0.05) is 19.0 Å². The van der Waals surface area contributed by atoms with E-state index in [1.165, 1.54) is 4.31 Å². The zero-order chi connectivity index (χ0) is 23.5. The van der Waals surface area contributed by atoms with Crippen molar-refractivity contribution in [2.75, 3.05) is 18.4 Å². The van der Waals surface area contributed by atoms with Crippen molar-refractivity contribution >= 4 is 32.7 Å². The molecule has 2 aromatic carbocycles. The molecule has 8 nitrogen and oxygen atoms in total. The van der Waals surface area contributed by atoms with Crippen LogP contribution >= 0.6 is 0 Å². The second-order valence-electron chi connectivity index (χ2n) is 8.41. The second kappa shape index (κ2) is 9.36. The van der Waals surface area contributed by atoms with Crippen molar-refractivity contribution in [2.24, 2.45) is 5.92 Å². The molecule has 9 heteroatoms. The molecule has 0 atom stereocenters. The molecular formula is C25H25N5O3S. The fourth-order valence-electron chi connectivity index (χ4n) is 4.26. The fraction of sp³-hybridized carbons (Fsp3) is 0.240. The van der Waals surface area contributed by atoms with Crippen LogP contribution in [-0.2, 0) is 20.6 Å². The summed E-state index contributed by atoms with van der Waals surface area (Å²) in [6, 6.07) is 20.6. The second-order valence-corrected chi connectivity index (χ2v) is 10.4. The quantitative estimate of drug-likeness (QED) is 0.460. The van der Waals surface area contributed by atoms with Gasteiger partial charge in [0.2, 0.25) is 15.9 Å². The molecule has 4 aromatic rings. The number of pyridine rings is 1. The molecule has 0 spiro atoms. The Morgan fingerprint density at radius 3 is 2.41 bits per heavy atom. The molecule has 0 unspecified atom stereocenters. The zero-order valence-corrected chi connectivity index (χ0v) is 19.4. The van der Waals surface area contributed by atoms with Crippen molar-refractivity contribution in [2.45, 2.75) is 18.6 Å². The summed E-state index contributed by atoms with van der Waals surface area (Å²) >= 11 is 0. The van der Waals surface area contributed by atoms with Crippen molar-refractivity contribution in [1.82, 2.24) is 18.8 Å². The molecule has 0 radical (unpaired) electrons. The molecule has 34 heavy (non-hydrogen) atoms. The number of sulfonamides is 1. The first-order valence-electron chi connectivity index (χ1n) is 11.2. The van der Waals surface area contributed by atoms with Gasteiger partial charge in [-0.05, 0) is 42.7 Å². The summed E-state index contributed by atoms with van der Waals surface area (Å²) in [5.74, 6) is 0.348. The van der Waals surface area contributed by atoms with Crippen LogP contribution in [0.3, 0.4) is 0 Å². The van der Waals surface area contributed by atoms with Crippen molar-refractivity contribution in [3.8, 4) is 5.82 Å². The van der Waals surface area contributed by atoms with E-state index in [0.717, 1.165) is 16.6 Å². The number of piperidine rings is 1. The first-order chi connectivity index (χ1) is 16.5. The number of aromatic nitrogens is 3. The molecule has 0 saturated carbocycles. The SMILES string of the molecule is O=C(Nc1ccc(-n2cnc3ccccc32)nc1)C1CCN(S(=O)(=O)Cc2ccccc2)CC1. The minimum atomic E-state index is -3.40. The number of hydrogen-bond donors (Lipinski definition) is 1. The van der Waals surface area contributed by atoms with E-state index < -0.39 is 10.0 Å². The van der Waals surface area contributed by atoms with Crippen LogP contribution in [0.4, 0.5) is 5.69 Å². The number of carbonyl (C=O) groups is 1. The summed E-state index contributed by atoms with van der Waals surface area (Å²) in [4.78, 5) is 21.6. The highest BCUT2D eigenvalue weighted by atomic mass is 32.2. The Labute approximate surface area is 198 Å². The normalized spacial score (nSPS) is 15.4. The highest BCUT2D eigenvalue weighted by Crippen LogP contribution is 2.24. The molecule has 0 aliphatic carbocycles. The largest absolute Gasteiger partial charge is 0.324 e. The van der Waals surface area contributed by atoms with E-state index in [1.807, 2.05) is 71.3 Å². The van der Waals surface area contributed by atoms with E-state index in [4.69, 9.17) is 0 Å². The Kier molecular flexibility index (Phi) is 6.12. The lowest BCUT2D eigenvalue weighted by Gasteiger charge is -2.30. The van der Waals surface area contributed by atoms with Crippen molar-refractivity contribution in [3.63, 3.8) is 0 Å². The van der Waals surface area contributed by atoms with Crippen LogP contribution in [0.1, 0.15) is 18.4 Å². The lowest BCUT2D eigenvalue weighted by atomic mass is 9.97. The number of carbonyl (C=O) groups excluding carboxylic acids is 1. The molecular weight excluding hydrogens is 450 g/mol. The number of anilines is 1. The first-order valence-corrected chi connectivity index (χ1v) is 12.8. The Balaban J connectivity index is 1.18. The topological polar surface area (TPSA) is 97.2 Å². The third kappa shape index (κ3) is 4.71. The molecule has 174 valence electrons. The van der Waals surface area contributed by atoms with Crippen molar-refractivity contribution in [3.05, 3.63) is 84.8 Å². The maximum atomic E-state index is 12.8. The average Bonchev–Trinajstić information content (AvgIpc) is 3.29. The summed E-state index contributed by atoms with van der Waals surface area (Å²) in [5.41, 5.74) is 3.22. The molecule has 2 aromatic heterocycles. The van der Waals surface area contributed by atoms with Gasteiger partial charge in [0.05, 0.1) is 28.7 Å².